The summed E-state index contributed by atoms with van der Waals surface area (Å²) in [4.78, 5) is 29.2. The molecule has 1 heterocycles. The van der Waals surface area contributed by atoms with Crippen LogP contribution in [0.15, 0.2) is 90.0 Å². The Bertz CT molecular complexity index is 1650. The highest BCUT2D eigenvalue weighted by molar-refractivity contribution is 7.89. The van der Waals surface area contributed by atoms with Gasteiger partial charge in [0, 0.05) is 35.1 Å². The first kappa shape index (κ1) is 28.5. The first-order valence-corrected chi connectivity index (χ1v) is 13.3. The van der Waals surface area contributed by atoms with Crippen LogP contribution in [0.5, 0.6) is 0 Å². The first-order valence-electron chi connectivity index (χ1n) is 11.8. The quantitative estimate of drug-likeness (QED) is 0.292. The number of pyridine rings is 1. The minimum Gasteiger partial charge on any atom is -0.348 e. The van der Waals surface area contributed by atoms with E-state index < -0.39 is 33.6 Å². The number of anilines is 1. The number of halogens is 3. The fourth-order valence-electron chi connectivity index (χ4n) is 3.80. The monoisotopic (exact) mass is 568 g/mol. The van der Waals surface area contributed by atoms with Gasteiger partial charge in [0.25, 0.3) is 11.8 Å². The molecular weight excluding hydrogens is 545 g/mol. The number of rotatable bonds is 7. The molecule has 2 amide bonds. The van der Waals surface area contributed by atoms with Crippen molar-refractivity contribution in [2.75, 3.05) is 5.32 Å². The molecule has 4 rings (SSSR count). The standard InChI is InChI=1S/C28H23F3N4O4S/c1-17-2-13-25(40(32,38)39)23(14-17)20-7-12-24(33-16-20)27(37)35-22-10-5-19(6-11-22)26(36)34-15-18-3-8-21(9-4-18)28(29,30)31/h2-14,16H,15H2,1H3,(H,34,36)(H,35,37)(H2,32,38,39). The SMILES string of the molecule is Cc1ccc(S(N)(=O)=O)c(-c2ccc(C(=O)Nc3ccc(C(=O)NCc4ccc(C(F)(F)F)cc4)cc3)nc2)c1. The van der Waals surface area contributed by atoms with E-state index in [2.05, 4.69) is 15.6 Å². The number of carbonyl (C=O) groups excluding carboxylic acids is 2. The molecule has 0 radical (unpaired) electrons. The van der Waals surface area contributed by atoms with Crippen LogP contribution in [-0.2, 0) is 22.7 Å². The van der Waals surface area contributed by atoms with E-state index >= 15 is 0 Å². The van der Waals surface area contributed by atoms with Gasteiger partial charge in [-0.15, -0.1) is 0 Å². The smallest absolute Gasteiger partial charge is 0.348 e. The third-order valence-corrected chi connectivity index (χ3v) is 6.86. The maximum Gasteiger partial charge on any atom is 0.416 e. The minimum atomic E-state index is -4.43. The Hall–Kier alpha value is -4.55. The number of carbonyl (C=O) groups is 2. The van der Waals surface area contributed by atoms with Gasteiger partial charge in [0.05, 0.1) is 10.5 Å². The number of nitrogens with two attached hydrogens (primary N) is 1. The maximum absolute atomic E-state index is 12.7. The number of aromatic nitrogens is 1. The fourth-order valence-corrected chi connectivity index (χ4v) is 4.54. The van der Waals surface area contributed by atoms with Crippen molar-refractivity contribution in [1.29, 1.82) is 0 Å². The predicted octanol–water partition coefficient (Wildman–Crippen LogP) is 4.91. The van der Waals surface area contributed by atoms with Gasteiger partial charge in [0.2, 0.25) is 10.0 Å². The molecule has 4 N–H and O–H groups in total. The Morgan fingerprint density at radius 2 is 1.57 bits per heavy atom. The highest BCUT2D eigenvalue weighted by Gasteiger charge is 2.29. The van der Waals surface area contributed by atoms with Gasteiger partial charge in [0.1, 0.15) is 5.69 Å². The highest BCUT2D eigenvalue weighted by Crippen LogP contribution is 2.29. The molecule has 8 nitrogen and oxygen atoms in total. The van der Waals surface area contributed by atoms with Crippen LogP contribution in [0.25, 0.3) is 11.1 Å². The molecule has 0 saturated carbocycles. The molecule has 0 spiro atoms. The van der Waals surface area contributed by atoms with Crippen molar-refractivity contribution < 1.29 is 31.2 Å². The van der Waals surface area contributed by atoms with Crippen LogP contribution >= 0.6 is 0 Å². The second-order valence-corrected chi connectivity index (χ2v) is 10.4. The van der Waals surface area contributed by atoms with Crippen molar-refractivity contribution in [3.63, 3.8) is 0 Å². The summed E-state index contributed by atoms with van der Waals surface area (Å²) in [5.41, 5.74) is 2.15. The molecule has 4 aromatic rings. The minimum absolute atomic E-state index is 0.0401. The van der Waals surface area contributed by atoms with Gasteiger partial charge in [-0.1, -0.05) is 35.9 Å². The van der Waals surface area contributed by atoms with E-state index in [9.17, 15) is 31.2 Å². The Kier molecular flexibility index (Phi) is 8.03. The first-order chi connectivity index (χ1) is 18.8. The summed E-state index contributed by atoms with van der Waals surface area (Å²) in [6.07, 6.45) is -3.05. The van der Waals surface area contributed by atoms with E-state index in [0.29, 0.717) is 22.4 Å². The molecule has 0 bridgehead atoms. The van der Waals surface area contributed by atoms with Crippen LogP contribution in [-0.4, -0.2) is 25.2 Å². The number of alkyl halides is 3. The van der Waals surface area contributed by atoms with Crippen LogP contribution in [0, 0.1) is 6.92 Å². The third-order valence-electron chi connectivity index (χ3n) is 5.89. The summed E-state index contributed by atoms with van der Waals surface area (Å²) < 4.78 is 62.0. The lowest BCUT2D eigenvalue weighted by Crippen LogP contribution is -2.23. The van der Waals surface area contributed by atoms with E-state index in [1.54, 1.807) is 25.1 Å². The van der Waals surface area contributed by atoms with Crippen molar-refractivity contribution >= 4 is 27.5 Å². The molecule has 0 saturated heterocycles. The maximum atomic E-state index is 12.7. The molecule has 0 fully saturated rings. The van der Waals surface area contributed by atoms with Gasteiger partial charge >= 0.3 is 6.18 Å². The van der Waals surface area contributed by atoms with Crippen molar-refractivity contribution in [1.82, 2.24) is 10.3 Å². The number of primary sulfonamides is 1. The van der Waals surface area contributed by atoms with Gasteiger partial charge in [0.15, 0.2) is 0 Å². The van der Waals surface area contributed by atoms with Gasteiger partial charge < -0.3 is 10.6 Å². The van der Waals surface area contributed by atoms with Crippen molar-refractivity contribution in [3.8, 4) is 11.1 Å². The van der Waals surface area contributed by atoms with Crippen LogP contribution in [0.1, 0.15) is 37.5 Å². The van der Waals surface area contributed by atoms with Crippen molar-refractivity contribution in [2.45, 2.75) is 24.5 Å². The van der Waals surface area contributed by atoms with Gasteiger partial charge in [-0.2, -0.15) is 13.2 Å². The van der Waals surface area contributed by atoms with Gasteiger partial charge in [-0.25, -0.2) is 13.6 Å². The van der Waals surface area contributed by atoms with E-state index in [-0.39, 0.29) is 22.7 Å². The summed E-state index contributed by atoms with van der Waals surface area (Å²) in [5, 5.41) is 10.6. The molecule has 0 unspecified atom stereocenters. The number of nitrogens with zero attached hydrogens (tertiary/aromatic N) is 1. The number of hydrogen-bond donors (Lipinski definition) is 3. The highest BCUT2D eigenvalue weighted by atomic mass is 32.2. The average molecular weight is 569 g/mol. The van der Waals surface area contributed by atoms with Crippen molar-refractivity contribution in [2.24, 2.45) is 5.14 Å². The molecule has 40 heavy (non-hydrogen) atoms. The normalized spacial score (nSPS) is 11.6. The van der Waals surface area contributed by atoms with E-state index in [0.717, 1.165) is 17.7 Å². The number of sulfonamides is 1. The molecular formula is C28H23F3N4O4S. The molecule has 12 heteroatoms. The van der Waals surface area contributed by atoms with Crippen LogP contribution in [0.3, 0.4) is 0 Å². The average Bonchev–Trinajstić information content (AvgIpc) is 2.91. The number of nitrogens with one attached hydrogen (secondary N) is 2. The summed E-state index contributed by atoms with van der Waals surface area (Å²) in [6, 6.07) is 18.2. The zero-order valence-corrected chi connectivity index (χ0v) is 21.8. The molecule has 1 aromatic heterocycles. The van der Waals surface area contributed by atoms with Crippen LogP contribution in [0.2, 0.25) is 0 Å². The number of benzene rings is 3. The number of hydrogen-bond acceptors (Lipinski definition) is 5. The zero-order valence-electron chi connectivity index (χ0n) is 21.0. The molecule has 3 aromatic carbocycles. The molecule has 0 aliphatic carbocycles. The largest absolute Gasteiger partial charge is 0.416 e. The molecule has 0 aliphatic rings. The Balaban J connectivity index is 1.37. The molecule has 206 valence electrons. The second-order valence-electron chi connectivity index (χ2n) is 8.89. The topological polar surface area (TPSA) is 131 Å². The summed E-state index contributed by atoms with van der Waals surface area (Å²) in [6.45, 7) is 1.85. The lowest BCUT2D eigenvalue weighted by atomic mass is 10.0. The predicted molar refractivity (Wildman–Crippen MR) is 143 cm³/mol. The second kappa shape index (κ2) is 11.3. The van der Waals surface area contributed by atoms with Crippen molar-refractivity contribution in [3.05, 3.63) is 113 Å². The molecule has 0 aliphatic heterocycles. The van der Waals surface area contributed by atoms with Gasteiger partial charge in [-0.3, -0.25) is 14.6 Å². The van der Waals surface area contributed by atoms with E-state index in [1.165, 1.54) is 54.7 Å². The molecule has 0 atom stereocenters. The Morgan fingerprint density at radius 3 is 2.15 bits per heavy atom. The van der Waals surface area contributed by atoms with Crippen LogP contribution in [0.4, 0.5) is 18.9 Å². The lowest BCUT2D eigenvalue weighted by Gasteiger charge is -2.10. The summed E-state index contributed by atoms with van der Waals surface area (Å²) in [7, 11) is -3.97. The van der Waals surface area contributed by atoms with E-state index in [1.807, 2.05) is 0 Å². The Morgan fingerprint density at radius 1 is 0.900 bits per heavy atom. The summed E-state index contributed by atoms with van der Waals surface area (Å²) in [5.74, 6) is -0.966. The lowest BCUT2D eigenvalue weighted by molar-refractivity contribution is -0.137. The van der Waals surface area contributed by atoms with Crippen LogP contribution < -0.4 is 15.8 Å². The van der Waals surface area contributed by atoms with E-state index in [4.69, 9.17) is 5.14 Å². The third kappa shape index (κ3) is 6.90. The zero-order chi connectivity index (χ0) is 29.1. The fraction of sp³-hybridized carbons (Fsp3) is 0.107. The number of aryl methyl sites for hydroxylation is 1. The number of amides is 2. The Labute approximate surface area is 228 Å². The summed E-state index contributed by atoms with van der Waals surface area (Å²) >= 11 is 0. The van der Waals surface area contributed by atoms with Gasteiger partial charge in [-0.05, 0) is 61.0 Å².